The first-order chi connectivity index (χ1) is 8.83. The Morgan fingerprint density at radius 2 is 2.44 bits per heavy atom. The lowest BCUT2D eigenvalue weighted by molar-refractivity contribution is 0.0945. The molecular formula is C9H12N8O. The van der Waals surface area contributed by atoms with Gasteiger partial charge >= 0.3 is 0 Å². The predicted octanol–water partition coefficient (Wildman–Crippen LogP) is -1.53. The average Bonchev–Trinajstić information content (AvgIpc) is 2.94. The van der Waals surface area contributed by atoms with Crippen molar-refractivity contribution >= 4 is 5.91 Å². The number of hydrogen-bond donors (Lipinski definition) is 3. The molecule has 1 fully saturated rings. The van der Waals surface area contributed by atoms with Gasteiger partial charge in [-0.05, 0) is 0 Å². The third-order valence-corrected chi connectivity index (χ3v) is 2.76. The van der Waals surface area contributed by atoms with E-state index in [9.17, 15) is 4.79 Å². The topological polar surface area (TPSA) is 113 Å². The first-order valence-electron chi connectivity index (χ1n) is 5.58. The third-order valence-electron chi connectivity index (χ3n) is 2.76. The molecule has 1 aliphatic heterocycles. The molecule has 2 aromatic rings. The summed E-state index contributed by atoms with van der Waals surface area (Å²) in [4.78, 5) is 15.7. The van der Waals surface area contributed by atoms with Crippen molar-refractivity contribution in [1.82, 2.24) is 40.8 Å². The number of aromatic nitrogens is 6. The fourth-order valence-corrected chi connectivity index (χ4v) is 1.59. The monoisotopic (exact) mass is 248 g/mol. The summed E-state index contributed by atoms with van der Waals surface area (Å²) in [5.41, 5.74) is 0.307. The van der Waals surface area contributed by atoms with Crippen molar-refractivity contribution in [2.75, 3.05) is 13.1 Å². The molecule has 0 aromatic carbocycles. The van der Waals surface area contributed by atoms with Gasteiger partial charge in [-0.25, -0.2) is 9.67 Å². The smallest absolute Gasteiger partial charge is 0.273 e. The van der Waals surface area contributed by atoms with Crippen molar-refractivity contribution in [3.63, 3.8) is 0 Å². The van der Waals surface area contributed by atoms with Gasteiger partial charge in [0.25, 0.3) is 5.91 Å². The first-order valence-corrected chi connectivity index (χ1v) is 5.58. The second kappa shape index (κ2) is 4.53. The van der Waals surface area contributed by atoms with Crippen LogP contribution in [0.5, 0.6) is 0 Å². The highest BCUT2D eigenvalue weighted by Gasteiger charge is 2.21. The second-order valence-electron chi connectivity index (χ2n) is 4.01. The van der Waals surface area contributed by atoms with Crippen LogP contribution in [0.15, 0.2) is 12.5 Å². The Kier molecular flexibility index (Phi) is 2.73. The number of aromatic amines is 1. The Morgan fingerprint density at radius 1 is 1.56 bits per heavy atom. The van der Waals surface area contributed by atoms with Crippen LogP contribution in [0, 0.1) is 0 Å². The van der Waals surface area contributed by atoms with E-state index >= 15 is 0 Å². The molecule has 3 rings (SSSR count). The highest BCUT2D eigenvalue weighted by Crippen LogP contribution is 2.09. The zero-order valence-corrected chi connectivity index (χ0v) is 9.50. The van der Waals surface area contributed by atoms with Crippen LogP contribution >= 0.6 is 0 Å². The van der Waals surface area contributed by atoms with Crippen LogP contribution in [0.25, 0.3) is 0 Å². The largest absolute Gasteiger partial charge is 0.343 e. The van der Waals surface area contributed by atoms with E-state index in [1.54, 1.807) is 10.9 Å². The fraction of sp³-hybridized carbons (Fsp3) is 0.444. The van der Waals surface area contributed by atoms with E-state index in [0.717, 1.165) is 13.1 Å². The van der Waals surface area contributed by atoms with Gasteiger partial charge in [0, 0.05) is 13.1 Å². The highest BCUT2D eigenvalue weighted by molar-refractivity contribution is 5.91. The summed E-state index contributed by atoms with van der Waals surface area (Å²) >= 11 is 0. The summed E-state index contributed by atoms with van der Waals surface area (Å²) in [6, 6.07) is 0.299. The van der Waals surface area contributed by atoms with Gasteiger partial charge in [0.1, 0.15) is 12.2 Å². The molecule has 94 valence electrons. The van der Waals surface area contributed by atoms with E-state index in [2.05, 4.69) is 36.1 Å². The highest BCUT2D eigenvalue weighted by atomic mass is 16.2. The van der Waals surface area contributed by atoms with E-state index in [1.807, 2.05) is 0 Å². The SMILES string of the molecule is O=C(NCc1ncn[nH]1)c1cn(C2CNC2)nn1. The summed E-state index contributed by atoms with van der Waals surface area (Å²) in [6.45, 7) is 2.02. The van der Waals surface area contributed by atoms with Gasteiger partial charge in [0.2, 0.25) is 0 Å². The van der Waals surface area contributed by atoms with E-state index < -0.39 is 0 Å². The van der Waals surface area contributed by atoms with Crippen LogP contribution in [0.2, 0.25) is 0 Å². The molecule has 0 spiro atoms. The van der Waals surface area contributed by atoms with E-state index in [-0.39, 0.29) is 12.5 Å². The minimum atomic E-state index is -0.273. The summed E-state index contributed by atoms with van der Waals surface area (Å²) in [7, 11) is 0. The van der Waals surface area contributed by atoms with Crippen molar-refractivity contribution in [2.45, 2.75) is 12.6 Å². The summed E-state index contributed by atoms with van der Waals surface area (Å²) in [5, 5.41) is 20.0. The lowest BCUT2D eigenvalue weighted by atomic mass is 10.2. The molecule has 0 saturated carbocycles. The van der Waals surface area contributed by atoms with Crippen LogP contribution in [0.3, 0.4) is 0 Å². The number of carbonyl (C=O) groups is 1. The molecule has 0 aliphatic carbocycles. The van der Waals surface area contributed by atoms with E-state index in [4.69, 9.17) is 0 Å². The number of nitrogens with one attached hydrogen (secondary N) is 3. The van der Waals surface area contributed by atoms with Gasteiger partial charge in [0.15, 0.2) is 5.69 Å². The van der Waals surface area contributed by atoms with Gasteiger partial charge < -0.3 is 10.6 Å². The van der Waals surface area contributed by atoms with Crippen LogP contribution in [-0.2, 0) is 6.54 Å². The molecule has 18 heavy (non-hydrogen) atoms. The predicted molar refractivity (Wildman–Crippen MR) is 59.5 cm³/mol. The Hall–Kier alpha value is -2.29. The van der Waals surface area contributed by atoms with Crippen LogP contribution in [0.4, 0.5) is 0 Å². The van der Waals surface area contributed by atoms with Gasteiger partial charge in [-0.1, -0.05) is 5.21 Å². The Labute approximate surface area is 102 Å². The zero-order chi connectivity index (χ0) is 12.4. The molecule has 1 saturated heterocycles. The Morgan fingerprint density at radius 3 is 3.11 bits per heavy atom. The van der Waals surface area contributed by atoms with Gasteiger partial charge in [-0.2, -0.15) is 5.10 Å². The molecule has 1 amide bonds. The fourth-order valence-electron chi connectivity index (χ4n) is 1.59. The maximum atomic E-state index is 11.8. The summed E-state index contributed by atoms with van der Waals surface area (Å²) < 4.78 is 1.71. The van der Waals surface area contributed by atoms with E-state index in [1.165, 1.54) is 6.33 Å². The third kappa shape index (κ3) is 2.07. The second-order valence-corrected chi connectivity index (χ2v) is 4.01. The van der Waals surface area contributed by atoms with Crippen molar-refractivity contribution < 1.29 is 4.79 Å². The van der Waals surface area contributed by atoms with Crippen molar-refractivity contribution in [3.05, 3.63) is 24.0 Å². The molecule has 2 aromatic heterocycles. The Bertz CT molecular complexity index is 529. The number of H-pyrrole nitrogens is 1. The number of amides is 1. The van der Waals surface area contributed by atoms with Crippen LogP contribution in [-0.4, -0.2) is 49.2 Å². The minimum Gasteiger partial charge on any atom is -0.343 e. The molecule has 0 unspecified atom stereocenters. The number of hydrogen-bond acceptors (Lipinski definition) is 6. The molecule has 9 heteroatoms. The zero-order valence-electron chi connectivity index (χ0n) is 9.50. The van der Waals surface area contributed by atoms with Crippen LogP contribution in [0.1, 0.15) is 22.4 Å². The minimum absolute atomic E-state index is 0.273. The number of rotatable bonds is 4. The molecular weight excluding hydrogens is 236 g/mol. The first kappa shape index (κ1) is 10.8. The van der Waals surface area contributed by atoms with Gasteiger partial charge in [-0.15, -0.1) is 5.10 Å². The number of carbonyl (C=O) groups excluding carboxylic acids is 1. The quantitative estimate of drug-likeness (QED) is 0.605. The summed E-state index contributed by atoms with van der Waals surface area (Å²) in [6.07, 6.45) is 3.04. The average molecular weight is 248 g/mol. The maximum Gasteiger partial charge on any atom is 0.273 e. The molecule has 1 aliphatic rings. The van der Waals surface area contributed by atoms with E-state index in [0.29, 0.717) is 17.6 Å². The molecule has 0 atom stereocenters. The standard InChI is InChI=1S/C9H12N8O/c18-9(11-3-8-12-5-13-15-8)7-4-17(16-14-7)6-1-10-2-6/h4-6,10H,1-3H2,(H,11,18)(H,12,13,15). The lowest BCUT2D eigenvalue weighted by Crippen LogP contribution is -2.43. The molecule has 0 bridgehead atoms. The maximum absolute atomic E-state index is 11.8. The number of nitrogens with zero attached hydrogens (tertiary/aromatic N) is 5. The van der Waals surface area contributed by atoms with Crippen molar-refractivity contribution in [1.29, 1.82) is 0 Å². The molecule has 3 heterocycles. The molecule has 0 radical (unpaired) electrons. The van der Waals surface area contributed by atoms with Crippen molar-refractivity contribution in [3.8, 4) is 0 Å². The van der Waals surface area contributed by atoms with Gasteiger partial charge in [0.05, 0.1) is 18.8 Å². The lowest BCUT2D eigenvalue weighted by Gasteiger charge is -2.26. The summed E-state index contributed by atoms with van der Waals surface area (Å²) in [5.74, 6) is 0.323. The normalized spacial score (nSPS) is 15.3. The van der Waals surface area contributed by atoms with Crippen LogP contribution < -0.4 is 10.6 Å². The Balaban J connectivity index is 1.59. The molecule has 3 N–H and O–H groups in total. The molecule has 9 nitrogen and oxygen atoms in total. The van der Waals surface area contributed by atoms with Gasteiger partial charge in [-0.3, -0.25) is 9.89 Å². The van der Waals surface area contributed by atoms with Crippen molar-refractivity contribution in [2.24, 2.45) is 0 Å².